The summed E-state index contributed by atoms with van der Waals surface area (Å²) in [6.45, 7) is 3.22. The Labute approximate surface area is 117 Å². The van der Waals surface area contributed by atoms with Crippen LogP contribution in [0.5, 0.6) is 11.5 Å². The Balaban J connectivity index is 1.90. The van der Waals surface area contributed by atoms with Crippen molar-refractivity contribution in [2.75, 3.05) is 0 Å². The van der Waals surface area contributed by atoms with E-state index in [1.165, 1.54) is 0 Å². The zero-order chi connectivity index (χ0) is 13.9. The second-order valence-electron chi connectivity index (χ2n) is 4.54. The smallest absolute Gasteiger partial charge is 0.161 e. The molecule has 0 amide bonds. The molecule has 1 heterocycles. The Bertz CT molecular complexity index is 734. The molecule has 0 aliphatic heterocycles. The van der Waals surface area contributed by atoms with Crippen molar-refractivity contribution < 1.29 is 9.84 Å². The topological polar surface area (TPSA) is 47.3 Å². The number of fused-ring (bicyclic) bond motifs is 1. The van der Waals surface area contributed by atoms with Crippen LogP contribution >= 0.6 is 0 Å². The minimum absolute atomic E-state index is 0.145. The first-order valence-electron chi connectivity index (χ1n) is 6.65. The second-order valence-corrected chi connectivity index (χ2v) is 4.54. The summed E-state index contributed by atoms with van der Waals surface area (Å²) in [4.78, 5) is 0. The van der Waals surface area contributed by atoms with Gasteiger partial charge in [0, 0.05) is 11.9 Å². The quantitative estimate of drug-likeness (QED) is 0.789. The third-order valence-electron chi connectivity index (χ3n) is 3.26. The molecule has 0 fully saturated rings. The number of benzene rings is 2. The molecule has 102 valence electrons. The maximum atomic E-state index is 9.70. The molecule has 0 bridgehead atoms. The van der Waals surface area contributed by atoms with E-state index in [-0.39, 0.29) is 5.75 Å². The third kappa shape index (κ3) is 2.20. The standard InChI is InChI=1S/C16H16N2O2/c1-2-18-14-8-4-3-7-12(14)13(17-18)11-20-16-10-6-5-9-15(16)19/h3-10,19H,2,11H2,1H3. The van der Waals surface area contributed by atoms with Gasteiger partial charge in [-0.3, -0.25) is 4.68 Å². The summed E-state index contributed by atoms with van der Waals surface area (Å²) in [6, 6.07) is 15.0. The Kier molecular flexibility index (Phi) is 3.29. The van der Waals surface area contributed by atoms with Crippen molar-refractivity contribution in [2.24, 2.45) is 0 Å². The molecule has 0 unspecified atom stereocenters. The lowest BCUT2D eigenvalue weighted by Crippen LogP contribution is -2.00. The van der Waals surface area contributed by atoms with Crippen molar-refractivity contribution in [3.05, 3.63) is 54.2 Å². The van der Waals surface area contributed by atoms with Crippen LogP contribution in [0.25, 0.3) is 10.9 Å². The fourth-order valence-corrected chi connectivity index (χ4v) is 2.27. The van der Waals surface area contributed by atoms with Gasteiger partial charge in [0.2, 0.25) is 0 Å². The van der Waals surface area contributed by atoms with Crippen molar-refractivity contribution in [3.63, 3.8) is 0 Å². The van der Waals surface area contributed by atoms with Crippen LogP contribution in [0.4, 0.5) is 0 Å². The first-order valence-corrected chi connectivity index (χ1v) is 6.65. The van der Waals surface area contributed by atoms with E-state index in [1.54, 1.807) is 18.2 Å². The lowest BCUT2D eigenvalue weighted by atomic mass is 10.2. The van der Waals surface area contributed by atoms with Gasteiger partial charge in [-0.1, -0.05) is 30.3 Å². The van der Waals surface area contributed by atoms with Gasteiger partial charge in [-0.15, -0.1) is 0 Å². The van der Waals surface area contributed by atoms with Crippen molar-refractivity contribution in [2.45, 2.75) is 20.1 Å². The average Bonchev–Trinajstić information content (AvgIpc) is 2.85. The van der Waals surface area contributed by atoms with Crippen LogP contribution in [0.15, 0.2) is 48.5 Å². The average molecular weight is 268 g/mol. The van der Waals surface area contributed by atoms with Crippen molar-refractivity contribution in [3.8, 4) is 11.5 Å². The van der Waals surface area contributed by atoms with E-state index >= 15 is 0 Å². The predicted octanol–water partition coefficient (Wildman–Crippen LogP) is 3.34. The fourth-order valence-electron chi connectivity index (χ4n) is 2.27. The minimum atomic E-state index is 0.145. The van der Waals surface area contributed by atoms with E-state index in [1.807, 2.05) is 28.9 Å². The van der Waals surface area contributed by atoms with Crippen LogP contribution in [0.1, 0.15) is 12.6 Å². The Hall–Kier alpha value is -2.49. The summed E-state index contributed by atoms with van der Waals surface area (Å²) in [5, 5.41) is 15.4. The SMILES string of the molecule is CCn1nc(COc2ccccc2O)c2ccccc21. The number of hydrogen-bond acceptors (Lipinski definition) is 3. The molecule has 4 heteroatoms. The lowest BCUT2D eigenvalue weighted by molar-refractivity contribution is 0.284. The van der Waals surface area contributed by atoms with Crippen molar-refractivity contribution in [1.29, 1.82) is 0 Å². The van der Waals surface area contributed by atoms with Crippen LogP contribution < -0.4 is 4.74 Å². The number of aromatic nitrogens is 2. The second kappa shape index (κ2) is 5.25. The summed E-state index contributed by atoms with van der Waals surface area (Å²) in [5.74, 6) is 0.620. The molecule has 1 N–H and O–H groups in total. The fraction of sp³-hybridized carbons (Fsp3) is 0.188. The van der Waals surface area contributed by atoms with E-state index in [0.717, 1.165) is 23.1 Å². The molecule has 3 aromatic rings. The summed E-state index contributed by atoms with van der Waals surface area (Å²) in [5.41, 5.74) is 1.98. The number of aromatic hydroxyl groups is 1. The summed E-state index contributed by atoms with van der Waals surface area (Å²) in [6.07, 6.45) is 0. The molecule has 0 spiro atoms. The van der Waals surface area contributed by atoms with Crippen LogP contribution in [-0.2, 0) is 13.2 Å². The number of phenolic OH excluding ortho intramolecular Hbond substituents is 1. The van der Waals surface area contributed by atoms with Gasteiger partial charge in [-0.2, -0.15) is 5.10 Å². The molecule has 0 saturated heterocycles. The number of aryl methyl sites for hydroxylation is 1. The minimum Gasteiger partial charge on any atom is -0.504 e. The number of ether oxygens (including phenoxy) is 1. The third-order valence-corrected chi connectivity index (χ3v) is 3.26. The predicted molar refractivity (Wildman–Crippen MR) is 77.8 cm³/mol. The van der Waals surface area contributed by atoms with Gasteiger partial charge in [0.15, 0.2) is 11.5 Å². The largest absolute Gasteiger partial charge is 0.504 e. The van der Waals surface area contributed by atoms with Crippen LogP contribution in [0, 0.1) is 0 Å². The highest BCUT2D eigenvalue weighted by molar-refractivity contribution is 5.81. The highest BCUT2D eigenvalue weighted by atomic mass is 16.5. The summed E-state index contributed by atoms with van der Waals surface area (Å²) < 4.78 is 7.62. The highest BCUT2D eigenvalue weighted by Gasteiger charge is 2.10. The number of hydrogen-bond donors (Lipinski definition) is 1. The van der Waals surface area contributed by atoms with Crippen LogP contribution in [0.2, 0.25) is 0 Å². The maximum absolute atomic E-state index is 9.70. The molecule has 0 aliphatic carbocycles. The Morgan fingerprint density at radius 3 is 2.65 bits per heavy atom. The number of para-hydroxylation sites is 3. The molecule has 1 aromatic heterocycles. The van der Waals surface area contributed by atoms with Crippen molar-refractivity contribution >= 4 is 10.9 Å². The number of rotatable bonds is 4. The van der Waals surface area contributed by atoms with Crippen LogP contribution in [-0.4, -0.2) is 14.9 Å². The zero-order valence-electron chi connectivity index (χ0n) is 11.3. The van der Waals surface area contributed by atoms with E-state index in [9.17, 15) is 5.11 Å². The van der Waals surface area contributed by atoms with E-state index in [0.29, 0.717) is 12.4 Å². The van der Waals surface area contributed by atoms with E-state index < -0.39 is 0 Å². The molecule has 0 aliphatic rings. The maximum Gasteiger partial charge on any atom is 0.161 e. The molecular formula is C16H16N2O2. The van der Waals surface area contributed by atoms with Crippen molar-refractivity contribution in [1.82, 2.24) is 9.78 Å². The molecule has 3 rings (SSSR count). The molecule has 20 heavy (non-hydrogen) atoms. The molecule has 0 radical (unpaired) electrons. The molecular weight excluding hydrogens is 252 g/mol. The summed E-state index contributed by atoms with van der Waals surface area (Å²) in [7, 11) is 0. The zero-order valence-corrected chi connectivity index (χ0v) is 11.3. The normalized spacial score (nSPS) is 10.8. The Morgan fingerprint density at radius 1 is 1.10 bits per heavy atom. The van der Waals surface area contributed by atoms with Crippen LogP contribution in [0.3, 0.4) is 0 Å². The van der Waals surface area contributed by atoms with E-state index in [4.69, 9.17) is 4.74 Å². The Morgan fingerprint density at radius 2 is 1.85 bits per heavy atom. The first-order chi connectivity index (χ1) is 9.79. The van der Waals surface area contributed by atoms with Gasteiger partial charge in [0.25, 0.3) is 0 Å². The van der Waals surface area contributed by atoms with Gasteiger partial charge in [-0.25, -0.2) is 0 Å². The lowest BCUT2D eigenvalue weighted by Gasteiger charge is -2.06. The highest BCUT2D eigenvalue weighted by Crippen LogP contribution is 2.26. The first kappa shape index (κ1) is 12.5. The van der Waals surface area contributed by atoms with Gasteiger partial charge in [-0.05, 0) is 25.1 Å². The van der Waals surface area contributed by atoms with E-state index in [2.05, 4.69) is 18.1 Å². The van der Waals surface area contributed by atoms with Gasteiger partial charge < -0.3 is 9.84 Å². The number of phenols is 1. The van der Waals surface area contributed by atoms with Gasteiger partial charge >= 0.3 is 0 Å². The molecule has 2 aromatic carbocycles. The summed E-state index contributed by atoms with van der Waals surface area (Å²) >= 11 is 0. The molecule has 4 nitrogen and oxygen atoms in total. The molecule has 0 saturated carbocycles. The number of nitrogens with zero attached hydrogens (tertiary/aromatic N) is 2. The van der Waals surface area contributed by atoms with Gasteiger partial charge in [0.1, 0.15) is 12.3 Å². The van der Waals surface area contributed by atoms with Gasteiger partial charge in [0.05, 0.1) is 5.52 Å². The molecule has 0 atom stereocenters. The monoisotopic (exact) mass is 268 g/mol.